The molecule has 0 aliphatic heterocycles. The van der Waals surface area contributed by atoms with Crippen LogP contribution in [-0.4, -0.2) is 14.5 Å². The van der Waals surface area contributed by atoms with E-state index >= 15 is 0 Å². The molecule has 0 saturated carbocycles. The van der Waals surface area contributed by atoms with Gasteiger partial charge in [0.05, 0.1) is 6.20 Å². The molecule has 0 radical (unpaired) electrons. The predicted molar refractivity (Wildman–Crippen MR) is 75.5 cm³/mol. The van der Waals surface area contributed by atoms with Crippen LogP contribution in [0.3, 0.4) is 0 Å². The molecule has 0 saturated heterocycles. The van der Waals surface area contributed by atoms with Gasteiger partial charge in [-0.3, -0.25) is 0 Å². The number of hydrogen-bond acceptors (Lipinski definition) is 2. The number of fused-ring (bicyclic) bond motifs is 1. The summed E-state index contributed by atoms with van der Waals surface area (Å²) < 4.78 is 1.76. The first-order valence-corrected chi connectivity index (χ1v) is 6.40. The van der Waals surface area contributed by atoms with E-state index in [1.165, 1.54) is 6.42 Å². The van der Waals surface area contributed by atoms with Crippen LogP contribution in [0, 0.1) is 0 Å². The molecule has 2 aromatic heterocycles. The molecule has 98 valence electrons. The van der Waals surface area contributed by atoms with E-state index in [1.54, 1.807) is 10.6 Å². The van der Waals surface area contributed by atoms with Crippen LogP contribution in [0.5, 0.6) is 5.88 Å². The fraction of sp³-hybridized carbons (Fsp3) is 0.500. The van der Waals surface area contributed by atoms with Crippen molar-refractivity contribution in [2.24, 2.45) is 0 Å². The van der Waals surface area contributed by atoms with E-state index < -0.39 is 0 Å². The summed E-state index contributed by atoms with van der Waals surface area (Å²) in [6.45, 7) is 12.2. The monoisotopic (exact) mass is 238 g/mol. The minimum Gasteiger partial charge on any atom is -0.492 e. The van der Waals surface area contributed by atoms with Crippen molar-refractivity contribution in [3.05, 3.63) is 30.6 Å². The van der Waals surface area contributed by atoms with Crippen LogP contribution in [0.2, 0.25) is 0 Å². The van der Waals surface area contributed by atoms with Gasteiger partial charge < -0.3 is 9.51 Å². The van der Waals surface area contributed by atoms with Crippen molar-refractivity contribution in [3.8, 4) is 5.88 Å². The number of aromatic hydroxyl groups is 1. The van der Waals surface area contributed by atoms with Crippen LogP contribution in [-0.2, 0) is 0 Å². The van der Waals surface area contributed by atoms with Crippen molar-refractivity contribution in [1.82, 2.24) is 9.38 Å². The Balaban J connectivity index is 0. The summed E-state index contributed by atoms with van der Waals surface area (Å²) in [6, 6.07) is 5.59. The molecule has 0 bridgehead atoms. The summed E-state index contributed by atoms with van der Waals surface area (Å²) in [5.41, 5.74) is 0.764. The third-order valence-electron chi connectivity index (χ3n) is 1.35. The molecule has 0 fully saturated rings. The zero-order chi connectivity index (χ0) is 13.7. The average molecular weight is 238 g/mol. The van der Waals surface area contributed by atoms with Crippen LogP contribution >= 0.6 is 0 Å². The molecular weight excluding hydrogens is 212 g/mol. The lowest BCUT2D eigenvalue weighted by Crippen LogP contribution is -1.77. The number of hydrogen-bond donors (Lipinski definition) is 1. The van der Waals surface area contributed by atoms with Crippen LogP contribution in [0.25, 0.3) is 5.65 Å². The van der Waals surface area contributed by atoms with E-state index in [-0.39, 0.29) is 5.88 Å². The molecule has 0 aliphatic rings. The molecule has 0 amide bonds. The van der Waals surface area contributed by atoms with Crippen LogP contribution < -0.4 is 0 Å². The Morgan fingerprint density at radius 3 is 2.12 bits per heavy atom. The van der Waals surface area contributed by atoms with E-state index in [0.29, 0.717) is 0 Å². The highest BCUT2D eigenvalue weighted by molar-refractivity contribution is 5.40. The zero-order valence-electron chi connectivity index (χ0n) is 11.9. The second kappa shape index (κ2) is 12.6. The topological polar surface area (TPSA) is 37.5 Å². The molecule has 2 rings (SSSR count). The van der Waals surface area contributed by atoms with Crippen molar-refractivity contribution < 1.29 is 5.11 Å². The molecule has 2 heterocycles. The van der Waals surface area contributed by atoms with Gasteiger partial charge in [-0.15, -0.1) is 0 Å². The van der Waals surface area contributed by atoms with Crippen LogP contribution in [0.4, 0.5) is 0 Å². The molecule has 1 N–H and O–H groups in total. The molecule has 2 aromatic rings. The van der Waals surface area contributed by atoms with Crippen molar-refractivity contribution in [1.29, 1.82) is 0 Å². The molecule has 0 aliphatic carbocycles. The van der Waals surface area contributed by atoms with Gasteiger partial charge in [0.15, 0.2) is 0 Å². The molecule has 0 unspecified atom stereocenters. The van der Waals surface area contributed by atoms with Gasteiger partial charge >= 0.3 is 0 Å². The van der Waals surface area contributed by atoms with Crippen molar-refractivity contribution in [2.45, 2.75) is 48.0 Å². The van der Waals surface area contributed by atoms with E-state index in [1.807, 2.05) is 52.1 Å². The standard InChI is InChI=1S/C7H6N2O.C3H8.2C2H6/c10-7-5-9-4-2-1-3-6(9)8-7;1-3-2;2*1-2/h1-5,10H;3H2,1-2H3;2*1-2H3. The molecule has 0 atom stereocenters. The highest BCUT2D eigenvalue weighted by Crippen LogP contribution is 2.07. The molecule has 0 aromatic carbocycles. The fourth-order valence-corrected chi connectivity index (χ4v) is 0.921. The minimum absolute atomic E-state index is 0.0613. The smallest absolute Gasteiger partial charge is 0.230 e. The maximum Gasteiger partial charge on any atom is 0.230 e. The normalized spacial score (nSPS) is 7.88. The zero-order valence-corrected chi connectivity index (χ0v) is 11.9. The number of pyridine rings is 1. The molecule has 3 heteroatoms. The first-order chi connectivity index (χ1) is 8.27. The quantitative estimate of drug-likeness (QED) is 0.733. The third kappa shape index (κ3) is 7.39. The second-order valence-electron chi connectivity index (χ2n) is 2.77. The molecule has 17 heavy (non-hydrogen) atoms. The van der Waals surface area contributed by atoms with Crippen molar-refractivity contribution in [3.63, 3.8) is 0 Å². The lowest BCUT2D eigenvalue weighted by atomic mass is 10.5. The summed E-state index contributed by atoms with van der Waals surface area (Å²) in [5.74, 6) is 0.0613. The largest absolute Gasteiger partial charge is 0.492 e. The Bertz CT molecular complexity index is 336. The fourth-order valence-electron chi connectivity index (χ4n) is 0.921. The van der Waals surface area contributed by atoms with E-state index in [4.69, 9.17) is 5.11 Å². The van der Waals surface area contributed by atoms with Gasteiger partial charge in [-0.1, -0.05) is 54.0 Å². The third-order valence-corrected chi connectivity index (χ3v) is 1.35. The number of aromatic nitrogens is 2. The van der Waals surface area contributed by atoms with Gasteiger partial charge in [0.25, 0.3) is 0 Å². The lowest BCUT2D eigenvalue weighted by molar-refractivity contribution is 0.457. The molecule has 3 nitrogen and oxygen atoms in total. The maximum absolute atomic E-state index is 8.92. The average Bonchev–Trinajstić information content (AvgIpc) is 2.75. The van der Waals surface area contributed by atoms with Gasteiger partial charge in [0.2, 0.25) is 5.88 Å². The summed E-state index contributed by atoms with van der Waals surface area (Å²) >= 11 is 0. The first kappa shape index (κ1) is 17.9. The lowest BCUT2D eigenvalue weighted by Gasteiger charge is -1.86. The summed E-state index contributed by atoms with van der Waals surface area (Å²) in [7, 11) is 0. The second-order valence-corrected chi connectivity index (χ2v) is 2.77. The highest BCUT2D eigenvalue weighted by atomic mass is 16.3. The Morgan fingerprint density at radius 2 is 1.65 bits per heavy atom. The van der Waals surface area contributed by atoms with Gasteiger partial charge in [0.1, 0.15) is 5.65 Å². The first-order valence-electron chi connectivity index (χ1n) is 6.40. The van der Waals surface area contributed by atoms with E-state index in [9.17, 15) is 0 Å². The maximum atomic E-state index is 8.92. The van der Waals surface area contributed by atoms with Gasteiger partial charge in [-0.25, -0.2) is 0 Å². The summed E-state index contributed by atoms with van der Waals surface area (Å²) in [4.78, 5) is 3.83. The minimum atomic E-state index is 0.0613. The van der Waals surface area contributed by atoms with Crippen molar-refractivity contribution >= 4 is 5.65 Å². The number of rotatable bonds is 0. The van der Waals surface area contributed by atoms with Gasteiger partial charge in [-0.2, -0.15) is 4.98 Å². The SMILES string of the molecule is CC.CC.CCC.Oc1cn2ccccc2n1. The van der Waals surface area contributed by atoms with E-state index in [0.717, 1.165) is 5.65 Å². The predicted octanol–water partition coefficient (Wildman–Crippen LogP) is 4.51. The molecular formula is C14H26N2O. The van der Waals surface area contributed by atoms with Gasteiger partial charge in [0, 0.05) is 6.20 Å². The van der Waals surface area contributed by atoms with Gasteiger partial charge in [-0.05, 0) is 12.1 Å². The summed E-state index contributed by atoms with van der Waals surface area (Å²) in [6.07, 6.45) is 4.65. The van der Waals surface area contributed by atoms with Crippen LogP contribution in [0.1, 0.15) is 48.0 Å². The van der Waals surface area contributed by atoms with Crippen LogP contribution in [0.15, 0.2) is 30.6 Å². The Labute approximate surface area is 105 Å². The highest BCUT2D eigenvalue weighted by Gasteiger charge is 1.94. The van der Waals surface area contributed by atoms with Crippen molar-refractivity contribution in [2.75, 3.05) is 0 Å². The Kier molecular flexibility index (Phi) is 13.2. The summed E-state index contributed by atoms with van der Waals surface area (Å²) in [5, 5.41) is 8.92. The number of nitrogens with zero attached hydrogens (tertiary/aromatic N) is 2. The van der Waals surface area contributed by atoms with E-state index in [2.05, 4.69) is 18.8 Å². The Morgan fingerprint density at radius 1 is 1.12 bits per heavy atom. The molecule has 0 spiro atoms. The number of imidazole rings is 1. The Hall–Kier alpha value is -1.51.